The van der Waals surface area contributed by atoms with Crippen LogP contribution < -0.4 is 15.5 Å². The first-order chi connectivity index (χ1) is 17.9. The number of halogens is 1. The number of ether oxygens (including phenoxy) is 1. The molecule has 184 valence electrons. The molecule has 0 unspecified atom stereocenters. The summed E-state index contributed by atoms with van der Waals surface area (Å²) in [7, 11) is 0. The largest absolute Gasteiger partial charge is 0.422 e. The summed E-state index contributed by atoms with van der Waals surface area (Å²) in [5.74, 6) is -1.14. The molecule has 0 bridgehead atoms. The third kappa shape index (κ3) is 6.68. The number of hydrogen-bond acceptors (Lipinski definition) is 5. The van der Waals surface area contributed by atoms with Crippen LogP contribution in [-0.4, -0.2) is 24.0 Å². The Morgan fingerprint density at radius 2 is 1.43 bits per heavy atom. The number of rotatable bonds is 7. The standard InChI is InChI=1S/C29H22ClN3O4/c1-19-10-12-20(13-11-19)27(34)32-25-8-4-3-7-24(25)28(35)33-31-18-22-6-2-5-9-26(22)37-29(36)21-14-16-23(30)17-15-21/h2-18H,1H3,(H,32,34)(H,33,35)/b31-18-. The number of benzene rings is 4. The van der Waals surface area contributed by atoms with Crippen LogP contribution in [-0.2, 0) is 0 Å². The van der Waals surface area contributed by atoms with Crippen molar-refractivity contribution in [2.75, 3.05) is 5.32 Å². The maximum Gasteiger partial charge on any atom is 0.343 e. The first-order valence-electron chi connectivity index (χ1n) is 11.3. The van der Waals surface area contributed by atoms with Gasteiger partial charge < -0.3 is 10.1 Å². The van der Waals surface area contributed by atoms with E-state index >= 15 is 0 Å². The Kier molecular flexibility index (Phi) is 8.08. The lowest BCUT2D eigenvalue weighted by molar-refractivity contribution is 0.0734. The van der Waals surface area contributed by atoms with Gasteiger partial charge in [0, 0.05) is 16.1 Å². The van der Waals surface area contributed by atoms with Crippen molar-refractivity contribution in [3.63, 3.8) is 0 Å². The van der Waals surface area contributed by atoms with Gasteiger partial charge in [0.25, 0.3) is 11.8 Å². The molecule has 0 heterocycles. The second kappa shape index (κ2) is 11.8. The monoisotopic (exact) mass is 511 g/mol. The van der Waals surface area contributed by atoms with Crippen LogP contribution >= 0.6 is 11.6 Å². The molecule has 0 spiro atoms. The zero-order valence-corrected chi connectivity index (χ0v) is 20.5. The van der Waals surface area contributed by atoms with Gasteiger partial charge in [-0.3, -0.25) is 9.59 Å². The topological polar surface area (TPSA) is 96.9 Å². The van der Waals surface area contributed by atoms with E-state index in [2.05, 4.69) is 15.8 Å². The number of amides is 2. The maximum atomic E-state index is 12.8. The molecule has 8 heteroatoms. The molecular weight excluding hydrogens is 490 g/mol. The quantitative estimate of drug-likeness (QED) is 0.140. The summed E-state index contributed by atoms with van der Waals surface area (Å²) in [6, 6.07) is 26.8. The molecule has 0 fully saturated rings. The molecule has 2 N–H and O–H groups in total. The van der Waals surface area contributed by atoms with Crippen LogP contribution in [0.4, 0.5) is 5.69 Å². The average Bonchev–Trinajstić information content (AvgIpc) is 2.90. The molecule has 2 amide bonds. The molecule has 0 aliphatic rings. The van der Waals surface area contributed by atoms with Gasteiger partial charge in [-0.25, -0.2) is 10.2 Å². The van der Waals surface area contributed by atoms with Crippen molar-refractivity contribution < 1.29 is 19.1 Å². The smallest absolute Gasteiger partial charge is 0.343 e. The molecule has 4 aromatic carbocycles. The Bertz CT molecular complexity index is 1470. The van der Waals surface area contributed by atoms with Crippen LogP contribution in [0.15, 0.2) is 102 Å². The summed E-state index contributed by atoms with van der Waals surface area (Å²) in [6.07, 6.45) is 1.37. The van der Waals surface area contributed by atoms with Gasteiger partial charge in [-0.15, -0.1) is 0 Å². The molecule has 7 nitrogen and oxygen atoms in total. The highest BCUT2D eigenvalue weighted by Gasteiger charge is 2.14. The number of carbonyl (C=O) groups is 3. The van der Waals surface area contributed by atoms with Crippen LogP contribution in [0.2, 0.25) is 5.02 Å². The van der Waals surface area contributed by atoms with E-state index in [0.29, 0.717) is 27.4 Å². The van der Waals surface area contributed by atoms with E-state index in [-0.39, 0.29) is 17.2 Å². The molecule has 0 saturated carbocycles. The number of anilines is 1. The number of esters is 1. The van der Waals surface area contributed by atoms with Crippen LogP contribution in [0.3, 0.4) is 0 Å². The number of carbonyl (C=O) groups excluding carboxylic acids is 3. The van der Waals surface area contributed by atoms with Crippen molar-refractivity contribution in [3.05, 3.63) is 130 Å². The Balaban J connectivity index is 1.44. The van der Waals surface area contributed by atoms with E-state index in [1.54, 1.807) is 84.9 Å². The van der Waals surface area contributed by atoms with E-state index in [4.69, 9.17) is 16.3 Å². The molecule has 0 saturated heterocycles. The molecule has 0 radical (unpaired) electrons. The van der Waals surface area contributed by atoms with Gasteiger partial charge in [0.15, 0.2) is 0 Å². The van der Waals surface area contributed by atoms with Crippen molar-refractivity contribution in [1.29, 1.82) is 0 Å². The summed E-state index contributed by atoms with van der Waals surface area (Å²) in [5, 5.41) is 7.29. The highest BCUT2D eigenvalue weighted by atomic mass is 35.5. The Morgan fingerprint density at radius 1 is 0.784 bits per heavy atom. The number of hydrazone groups is 1. The van der Waals surface area contributed by atoms with Crippen LogP contribution in [0.1, 0.15) is 42.2 Å². The highest BCUT2D eigenvalue weighted by Crippen LogP contribution is 2.19. The Hall–Kier alpha value is -4.75. The minimum absolute atomic E-state index is 0.238. The molecule has 0 aliphatic carbocycles. The van der Waals surface area contributed by atoms with Crippen LogP contribution in [0.25, 0.3) is 0 Å². The third-order valence-electron chi connectivity index (χ3n) is 5.30. The van der Waals surface area contributed by atoms with Crippen molar-refractivity contribution in [2.24, 2.45) is 5.10 Å². The molecule has 0 atom stereocenters. The first kappa shape index (κ1) is 25.3. The van der Waals surface area contributed by atoms with Gasteiger partial charge in [0.05, 0.1) is 23.0 Å². The van der Waals surface area contributed by atoms with Crippen molar-refractivity contribution in [1.82, 2.24) is 5.43 Å². The molecule has 37 heavy (non-hydrogen) atoms. The molecule has 0 aliphatic heterocycles. The zero-order valence-electron chi connectivity index (χ0n) is 19.8. The lowest BCUT2D eigenvalue weighted by atomic mass is 10.1. The number of nitrogens with one attached hydrogen (secondary N) is 2. The lowest BCUT2D eigenvalue weighted by Gasteiger charge is -2.10. The van der Waals surface area contributed by atoms with Crippen LogP contribution in [0.5, 0.6) is 5.75 Å². The highest BCUT2D eigenvalue weighted by molar-refractivity contribution is 6.30. The average molecular weight is 512 g/mol. The van der Waals surface area contributed by atoms with Gasteiger partial charge >= 0.3 is 5.97 Å². The van der Waals surface area contributed by atoms with Crippen molar-refractivity contribution in [2.45, 2.75) is 6.92 Å². The predicted octanol–water partition coefficient (Wildman–Crippen LogP) is 5.88. The maximum absolute atomic E-state index is 12.8. The van der Waals surface area contributed by atoms with Crippen molar-refractivity contribution >= 4 is 41.3 Å². The van der Waals surface area contributed by atoms with Gasteiger partial charge in [0.2, 0.25) is 0 Å². The SMILES string of the molecule is Cc1ccc(C(=O)Nc2ccccc2C(=O)N/N=C\c2ccccc2OC(=O)c2ccc(Cl)cc2)cc1. The second-order valence-corrected chi connectivity index (χ2v) is 8.44. The molecule has 0 aromatic heterocycles. The van der Waals surface area contributed by atoms with Gasteiger partial charge in [-0.05, 0) is 67.6 Å². The fraction of sp³-hybridized carbons (Fsp3) is 0.0345. The normalized spacial score (nSPS) is 10.6. The Labute approximate surface area is 218 Å². The summed E-state index contributed by atoms with van der Waals surface area (Å²) in [4.78, 5) is 37.9. The summed E-state index contributed by atoms with van der Waals surface area (Å²) >= 11 is 5.87. The number of para-hydroxylation sites is 2. The number of hydrogen-bond donors (Lipinski definition) is 2. The van der Waals surface area contributed by atoms with E-state index < -0.39 is 11.9 Å². The lowest BCUT2D eigenvalue weighted by Crippen LogP contribution is -2.21. The van der Waals surface area contributed by atoms with E-state index in [1.807, 2.05) is 19.1 Å². The minimum Gasteiger partial charge on any atom is -0.422 e. The molecule has 4 aromatic rings. The first-order valence-corrected chi connectivity index (χ1v) is 11.7. The number of nitrogens with zero attached hydrogens (tertiary/aromatic N) is 1. The molecular formula is C29H22ClN3O4. The van der Waals surface area contributed by atoms with Gasteiger partial charge in [-0.1, -0.05) is 53.6 Å². The third-order valence-corrected chi connectivity index (χ3v) is 5.56. The Morgan fingerprint density at radius 3 is 2.19 bits per heavy atom. The zero-order chi connectivity index (χ0) is 26.2. The predicted molar refractivity (Wildman–Crippen MR) is 143 cm³/mol. The van der Waals surface area contributed by atoms with Crippen molar-refractivity contribution in [3.8, 4) is 5.75 Å². The van der Waals surface area contributed by atoms with E-state index in [9.17, 15) is 14.4 Å². The van der Waals surface area contributed by atoms with Gasteiger partial charge in [-0.2, -0.15) is 5.10 Å². The summed E-state index contributed by atoms with van der Waals surface area (Å²) in [6.45, 7) is 1.93. The van der Waals surface area contributed by atoms with Gasteiger partial charge in [0.1, 0.15) is 5.75 Å². The van der Waals surface area contributed by atoms with E-state index in [1.165, 1.54) is 6.21 Å². The summed E-state index contributed by atoms with van der Waals surface area (Å²) < 4.78 is 5.49. The fourth-order valence-corrected chi connectivity index (χ4v) is 3.46. The van der Waals surface area contributed by atoms with E-state index in [0.717, 1.165) is 5.56 Å². The minimum atomic E-state index is -0.556. The molecule has 4 rings (SSSR count). The summed E-state index contributed by atoms with van der Waals surface area (Å²) in [5.41, 5.74) is 5.37. The number of aryl methyl sites for hydroxylation is 1. The van der Waals surface area contributed by atoms with Crippen LogP contribution in [0, 0.1) is 6.92 Å². The second-order valence-electron chi connectivity index (χ2n) is 8.00. The fourth-order valence-electron chi connectivity index (χ4n) is 3.34.